The average molecular weight is 532 g/mol. The molecule has 0 spiro atoms. The van der Waals surface area contributed by atoms with Crippen molar-refractivity contribution in [1.29, 1.82) is 0 Å². The van der Waals surface area contributed by atoms with E-state index in [0.29, 0.717) is 27.3 Å². The summed E-state index contributed by atoms with van der Waals surface area (Å²) in [6.45, 7) is 0. The van der Waals surface area contributed by atoms with Gasteiger partial charge in [-0.25, -0.2) is 41.6 Å². The van der Waals surface area contributed by atoms with Crippen molar-refractivity contribution in [2.45, 2.75) is 23.2 Å². The number of nitrogens with zero attached hydrogens (tertiary/aromatic N) is 5. The van der Waals surface area contributed by atoms with Crippen molar-refractivity contribution in [3.63, 3.8) is 0 Å². The average Bonchev–Trinajstić information content (AvgIpc) is 3.15. The van der Waals surface area contributed by atoms with E-state index in [2.05, 4.69) is 19.9 Å². The number of imide groups is 1. The largest absolute Gasteiger partial charge is 0.363 e. The number of rotatable bonds is 6. The molecule has 4 rings (SSSR count). The molecule has 0 radical (unpaired) electrons. The molecule has 2 aromatic heterocycles. The topological polar surface area (TPSA) is 184 Å². The van der Waals surface area contributed by atoms with E-state index in [-0.39, 0.29) is 18.4 Å². The molecule has 1 aromatic carbocycles. The Hall–Kier alpha value is -4.11. The Morgan fingerprint density at radius 1 is 0.722 bits per heavy atom. The van der Waals surface area contributed by atoms with Gasteiger partial charge in [0, 0.05) is 61.3 Å². The van der Waals surface area contributed by atoms with E-state index in [0.717, 1.165) is 12.5 Å². The molecule has 1 fully saturated rings. The lowest BCUT2D eigenvalue weighted by molar-refractivity contribution is -0.172. The molecular formula is C21H17N5O8S2. The van der Waals surface area contributed by atoms with Crippen LogP contribution in [0.25, 0.3) is 22.3 Å². The van der Waals surface area contributed by atoms with Gasteiger partial charge in [-0.15, -0.1) is 5.06 Å². The summed E-state index contributed by atoms with van der Waals surface area (Å²) in [6, 6.07) is 4.34. The van der Waals surface area contributed by atoms with Crippen LogP contribution in [0.3, 0.4) is 0 Å². The standard InChI is InChI=1S/C21H17N5O8S2/c1-35(30,31)20-22-8-15(9-23-20)12-5-13(16-10-24-21(25-11-16)36(2,32)33)7-14(6-12)19(29)34-26-17(27)3-4-18(26)28/h5-11H,3-4H2,1-2H3. The Morgan fingerprint density at radius 2 is 1.11 bits per heavy atom. The molecule has 0 aliphatic carbocycles. The van der Waals surface area contributed by atoms with Crippen LogP contribution in [0.4, 0.5) is 0 Å². The fourth-order valence-corrected chi connectivity index (χ4v) is 4.16. The molecule has 36 heavy (non-hydrogen) atoms. The van der Waals surface area contributed by atoms with Crippen LogP contribution in [0, 0.1) is 0 Å². The second-order valence-corrected chi connectivity index (χ2v) is 11.6. The van der Waals surface area contributed by atoms with Crippen molar-refractivity contribution in [2.24, 2.45) is 0 Å². The summed E-state index contributed by atoms with van der Waals surface area (Å²) in [6.07, 6.45) is 6.73. The highest BCUT2D eigenvalue weighted by molar-refractivity contribution is 7.90. The lowest BCUT2D eigenvalue weighted by atomic mass is 9.99. The third-order valence-electron chi connectivity index (χ3n) is 4.93. The van der Waals surface area contributed by atoms with Crippen molar-refractivity contribution < 1.29 is 36.1 Å². The molecule has 3 heterocycles. The van der Waals surface area contributed by atoms with Gasteiger partial charge in [0.1, 0.15) is 0 Å². The van der Waals surface area contributed by atoms with E-state index in [1.54, 1.807) is 6.07 Å². The first-order chi connectivity index (χ1) is 16.8. The van der Waals surface area contributed by atoms with E-state index in [1.165, 1.54) is 36.9 Å². The molecule has 3 aromatic rings. The Bertz CT molecular complexity index is 1490. The Kier molecular flexibility index (Phi) is 6.36. The first-order valence-electron chi connectivity index (χ1n) is 10.1. The van der Waals surface area contributed by atoms with Gasteiger partial charge in [-0.3, -0.25) is 9.59 Å². The molecule has 15 heteroatoms. The van der Waals surface area contributed by atoms with E-state index in [4.69, 9.17) is 4.84 Å². The Morgan fingerprint density at radius 3 is 1.47 bits per heavy atom. The zero-order valence-corrected chi connectivity index (χ0v) is 20.4. The van der Waals surface area contributed by atoms with Gasteiger partial charge in [0.05, 0.1) is 5.56 Å². The molecule has 0 unspecified atom stereocenters. The summed E-state index contributed by atoms with van der Waals surface area (Å²) in [5, 5.41) is -0.376. The molecule has 186 valence electrons. The number of aromatic nitrogens is 4. The summed E-state index contributed by atoms with van der Waals surface area (Å²) < 4.78 is 46.7. The number of amides is 2. The highest BCUT2D eigenvalue weighted by atomic mass is 32.2. The van der Waals surface area contributed by atoms with E-state index < -0.39 is 47.8 Å². The summed E-state index contributed by atoms with van der Waals surface area (Å²) >= 11 is 0. The van der Waals surface area contributed by atoms with Crippen molar-refractivity contribution in [3.05, 3.63) is 48.5 Å². The summed E-state index contributed by atoms with van der Waals surface area (Å²) in [4.78, 5) is 56.9. The van der Waals surface area contributed by atoms with Gasteiger partial charge < -0.3 is 4.84 Å². The molecule has 1 aliphatic rings. The maximum absolute atomic E-state index is 12.8. The van der Waals surface area contributed by atoms with Crippen LogP contribution in [0.2, 0.25) is 0 Å². The number of carbonyl (C=O) groups excluding carboxylic acids is 3. The maximum Gasteiger partial charge on any atom is 0.363 e. The molecular weight excluding hydrogens is 514 g/mol. The van der Waals surface area contributed by atoms with Gasteiger partial charge in [-0.05, 0) is 29.3 Å². The monoisotopic (exact) mass is 531 g/mol. The summed E-state index contributed by atoms with van der Waals surface area (Å²) in [5.41, 5.74) is 1.30. The molecule has 0 atom stereocenters. The molecule has 1 aliphatic heterocycles. The normalized spacial score (nSPS) is 14.2. The lowest BCUT2D eigenvalue weighted by Gasteiger charge is -2.14. The predicted molar refractivity (Wildman–Crippen MR) is 121 cm³/mol. The first kappa shape index (κ1) is 25.0. The Balaban J connectivity index is 1.78. The molecule has 0 saturated carbocycles. The van der Waals surface area contributed by atoms with Crippen LogP contribution in [0.5, 0.6) is 0 Å². The van der Waals surface area contributed by atoms with Gasteiger partial charge in [0.2, 0.25) is 30.0 Å². The third-order valence-corrected chi connectivity index (χ3v) is 6.68. The maximum atomic E-state index is 12.8. The minimum absolute atomic E-state index is 0.0746. The van der Waals surface area contributed by atoms with Crippen LogP contribution >= 0.6 is 0 Å². The van der Waals surface area contributed by atoms with Crippen molar-refractivity contribution in [2.75, 3.05) is 12.5 Å². The highest BCUT2D eigenvalue weighted by Crippen LogP contribution is 2.29. The van der Waals surface area contributed by atoms with Gasteiger partial charge in [-0.1, -0.05) is 0 Å². The predicted octanol–water partition coefficient (Wildman–Crippen LogP) is 0.628. The SMILES string of the molecule is CS(=O)(=O)c1ncc(-c2cc(C(=O)ON3C(=O)CCC3=O)cc(-c3cnc(S(C)(=O)=O)nc3)c2)cn1. The van der Waals surface area contributed by atoms with Crippen LogP contribution in [0.15, 0.2) is 53.3 Å². The minimum atomic E-state index is -3.65. The summed E-state index contributed by atoms with van der Waals surface area (Å²) in [5.74, 6) is -2.32. The lowest BCUT2D eigenvalue weighted by Crippen LogP contribution is -2.32. The second-order valence-electron chi connectivity index (χ2n) is 7.81. The van der Waals surface area contributed by atoms with Crippen LogP contribution in [-0.4, -0.2) is 72.1 Å². The number of carbonyl (C=O) groups is 3. The fraction of sp³-hybridized carbons (Fsp3) is 0.190. The fourth-order valence-electron chi connectivity index (χ4n) is 3.19. The smallest absolute Gasteiger partial charge is 0.325 e. The van der Waals surface area contributed by atoms with Gasteiger partial charge in [0.25, 0.3) is 11.8 Å². The number of hydroxylamine groups is 2. The third kappa shape index (κ3) is 5.26. The Labute approximate surface area is 205 Å². The number of hydrogen-bond donors (Lipinski definition) is 0. The van der Waals surface area contributed by atoms with Gasteiger partial charge >= 0.3 is 5.97 Å². The quantitative estimate of drug-likeness (QED) is 0.320. The van der Waals surface area contributed by atoms with Crippen molar-refractivity contribution in [3.8, 4) is 22.3 Å². The van der Waals surface area contributed by atoms with E-state index >= 15 is 0 Å². The number of hydrogen-bond acceptors (Lipinski definition) is 12. The molecule has 13 nitrogen and oxygen atoms in total. The van der Waals surface area contributed by atoms with Crippen molar-refractivity contribution in [1.82, 2.24) is 25.0 Å². The van der Waals surface area contributed by atoms with Crippen molar-refractivity contribution >= 4 is 37.5 Å². The van der Waals surface area contributed by atoms with E-state index in [1.807, 2.05) is 0 Å². The zero-order chi connectivity index (χ0) is 26.3. The van der Waals surface area contributed by atoms with Crippen LogP contribution in [0.1, 0.15) is 23.2 Å². The second kappa shape index (κ2) is 9.16. The van der Waals surface area contributed by atoms with Gasteiger partial charge in [0.15, 0.2) is 0 Å². The highest BCUT2D eigenvalue weighted by Gasteiger charge is 2.33. The number of benzene rings is 1. The molecule has 2 amide bonds. The van der Waals surface area contributed by atoms with Gasteiger partial charge in [-0.2, -0.15) is 0 Å². The van der Waals surface area contributed by atoms with Crippen LogP contribution < -0.4 is 0 Å². The zero-order valence-electron chi connectivity index (χ0n) is 18.8. The molecule has 0 bridgehead atoms. The van der Waals surface area contributed by atoms with Crippen LogP contribution in [-0.2, 0) is 34.1 Å². The number of sulfone groups is 2. The summed E-state index contributed by atoms with van der Waals surface area (Å²) in [7, 11) is -7.29. The first-order valence-corrected chi connectivity index (χ1v) is 13.9. The molecule has 0 N–H and O–H groups in total. The molecule has 1 saturated heterocycles. The van der Waals surface area contributed by atoms with E-state index in [9.17, 15) is 31.2 Å². The minimum Gasteiger partial charge on any atom is -0.325 e.